The van der Waals surface area contributed by atoms with Crippen LogP contribution in [0.4, 0.5) is 0 Å². The normalized spacial score (nSPS) is 28.1. The van der Waals surface area contributed by atoms with Crippen LogP contribution >= 0.6 is 0 Å². The Hall–Kier alpha value is -1.87. The summed E-state index contributed by atoms with van der Waals surface area (Å²) in [5.74, 6) is -0.698. The largest absolute Gasteiger partial charge is 0.425 e. The van der Waals surface area contributed by atoms with E-state index in [1.807, 2.05) is 18.2 Å². The zero-order chi connectivity index (χ0) is 13.9. The standard InChI is InChI=1S/C17H16O3/c1-10-8-17(19-9-10)14-7-6-12-11(2)4-3-5-13(12)15(14)16(18)20-17/h3-7,10H,8-9H2,1-2H3. The van der Waals surface area contributed by atoms with E-state index in [4.69, 9.17) is 9.47 Å². The minimum atomic E-state index is -0.843. The van der Waals surface area contributed by atoms with E-state index < -0.39 is 5.79 Å². The van der Waals surface area contributed by atoms with Gasteiger partial charge in [0.1, 0.15) is 0 Å². The van der Waals surface area contributed by atoms with E-state index in [-0.39, 0.29) is 5.97 Å². The molecule has 102 valence electrons. The molecule has 3 heteroatoms. The first-order chi connectivity index (χ1) is 9.61. The van der Waals surface area contributed by atoms with Crippen molar-refractivity contribution in [2.75, 3.05) is 6.61 Å². The first kappa shape index (κ1) is 11.9. The SMILES string of the molecule is Cc1cccc2c3c(ccc12)C1(CC(C)CO1)OC3=O. The Kier molecular flexibility index (Phi) is 2.28. The zero-order valence-corrected chi connectivity index (χ0v) is 11.6. The smallest absolute Gasteiger partial charge is 0.342 e. The Morgan fingerprint density at radius 2 is 2.05 bits per heavy atom. The summed E-state index contributed by atoms with van der Waals surface area (Å²) in [6.07, 6.45) is 0.739. The molecule has 2 heterocycles. The minimum absolute atomic E-state index is 0.259. The lowest BCUT2D eigenvalue weighted by Crippen LogP contribution is -2.24. The van der Waals surface area contributed by atoms with Gasteiger partial charge in [-0.2, -0.15) is 0 Å². The summed E-state index contributed by atoms with van der Waals surface area (Å²) in [6.45, 7) is 4.81. The molecule has 2 aromatic carbocycles. The van der Waals surface area contributed by atoms with Crippen molar-refractivity contribution < 1.29 is 14.3 Å². The van der Waals surface area contributed by atoms with Crippen LogP contribution in [0.1, 0.15) is 34.8 Å². The molecule has 1 saturated heterocycles. The first-order valence-electron chi connectivity index (χ1n) is 7.01. The van der Waals surface area contributed by atoms with Crippen molar-refractivity contribution in [3.8, 4) is 0 Å². The van der Waals surface area contributed by atoms with E-state index in [0.717, 1.165) is 22.8 Å². The Labute approximate surface area is 117 Å². The van der Waals surface area contributed by atoms with Crippen molar-refractivity contribution in [3.63, 3.8) is 0 Å². The van der Waals surface area contributed by atoms with Gasteiger partial charge in [0.05, 0.1) is 12.2 Å². The minimum Gasteiger partial charge on any atom is -0.425 e. The van der Waals surface area contributed by atoms with Crippen LogP contribution in [0.15, 0.2) is 30.3 Å². The number of benzene rings is 2. The van der Waals surface area contributed by atoms with Gasteiger partial charge in [-0.05, 0) is 29.2 Å². The maximum absolute atomic E-state index is 12.4. The van der Waals surface area contributed by atoms with Crippen LogP contribution in [0.5, 0.6) is 0 Å². The molecule has 0 amide bonds. The molecule has 4 rings (SSSR count). The Balaban J connectivity index is 2.01. The number of hydrogen-bond acceptors (Lipinski definition) is 3. The third-order valence-electron chi connectivity index (χ3n) is 4.37. The molecule has 0 N–H and O–H groups in total. The third-order valence-corrected chi connectivity index (χ3v) is 4.37. The van der Waals surface area contributed by atoms with Gasteiger partial charge < -0.3 is 9.47 Å². The predicted octanol–water partition coefficient (Wildman–Crippen LogP) is 3.53. The molecular formula is C17H16O3. The van der Waals surface area contributed by atoms with Gasteiger partial charge in [0, 0.05) is 12.0 Å². The fraction of sp³-hybridized carbons (Fsp3) is 0.353. The number of esters is 1. The van der Waals surface area contributed by atoms with Crippen molar-refractivity contribution in [3.05, 3.63) is 47.0 Å². The molecule has 20 heavy (non-hydrogen) atoms. The summed E-state index contributed by atoms with van der Waals surface area (Å²) in [7, 11) is 0. The molecule has 0 aromatic heterocycles. The molecule has 0 saturated carbocycles. The van der Waals surface area contributed by atoms with Crippen molar-refractivity contribution >= 4 is 16.7 Å². The highest BCUT2D eigenvalue weighted by atomic mass is 16.7. The van der Waals surface area contributed by atoms with Crippen molar-refractivity contribution in [1.82, 2.24) is 0 Å². The number of hydrogen-bond donors (Lipinski definition) is 0. The van der Waals surface area contributed by atoms with Crippen LogP contribution in [0.25, 0.3) is 10.8 Å². The number of fused-ring (bicyclic) bond motifs is 4. The van der Waals surface area contributed by atoms with Crippen molar-refractivity contribution in [2.45, 2.75) is 26.1 Å². The van der Waals surface area contributed by atoms with E-state index in [2.05, 4.69) is 26.0 Å². The summed E-state index contributed by atoms with van der Waals surface area (Å²) in [5.41, 5.74) is 2.74. The maximum atomic E-state index is 12.4. The monoisotopic (exact) mass is 268 g/mol. The van der Waals surface area contributed by atoms with Crippen molar-refractivity contribution in [1.29, 1.82) is 0 Å². The summed E-state index contributed by atoms with van der Waals surface area (Å²) < 4.78 is 11.5. The second-order valence-corrected chi connectivity index (χ2v) is 5.92. The number of rotatable bonds is 0. The number of carbonyl (C=O) groups excluding carboxylic acids is 1. The number of carbonyl (C=O) groups is 1. The summed E-state index contributed by atoms with van der Waals surface area (Å²) >= 11 is 0. The van der Waals surface area contributed by atoms with Gasteiger partial charge in [0.15, 0.2) is 0 Å². The van der Waals surface area contributed by atoms with Crippen LogP contribution in [-0.2, 0) is 15.3 Å². The highest BCUT2D eigenvalue weighted by molar-refractivity contribution is 6.08. The molecule has 2 unspecified atom stereocenters. The Bertz CT molecular complexity index is 734. The fourth-order valence-corrected chi connectivity index (χ4v) is 3.42. The highest BCUT2D eigenvalue weighted by Gasteiger charge is 2.51. The van der Waals surface area contributed by atoms with E-state index in [9.17, 15) is 4.79 Å². The van der Waals surface area contributed by atoms with Gasteiger partial charge in [-0.1, -0.05) is 37.3 Å². The molecule has 3 nitrogen and oxygen atoms in total. The molecule has 2 atom stereocenters. The summed E-state index contributed by atoms with van der Waals surface area (Å²) in [5, 5.41) is 2.07. The van der Waals surface area contributed by atoms with E-state index >= 15 is 0 Å². The van der Waals surface area contributed by atoms with Crippen LogP contribution in [0, 0.1) is 12.8 Å². The summed E-state index contributed by atoms with van der Waals surface area (Å²) in [4.78, 5) is 12.4. The molecule has 1 spiro atoms. The highest BCUT2D eigenvalue weighted by Crippen LogP contribution is 2.48. The molecule has 0 radical (unpaired) electrons. The van der Waals surface area contributed by atoms with Gasteiger partial charge in [0.2, 0.25) is 5.79 Å². The van der Waals surface area contributed by atoms with Crippen LogP contribution in [0.3, 0.4) is 0 Å². The summed E-state index contributed by atoms with van der Waals surface area (Å²) in [6, 6.07) is 10.1. The molecule has 0 bridgehead atoms. The quantitative estimate of drug-likeness (QED) is 0.686. The van der Waals surface area contributed by atoms with Gasteiger partial charge in [-0.3, -0.25) is 0 Å². The lowest BCUT2D eigenvalue weighted by molar-refractivity contribution is -0.172. The molecular weight excluding hydrogens is 252 g/mol. The molecule has 2 aliphatic rings. The van der Waals surface area contributed by atoms with Gasteiger partial charge in [0.25, 0.3) is 0 Å². The Morgan fingerprint density at radius 3 is 2.80 bits per heavy atom. The van der Waals surface area contributed by atoms with Crippen LogP contribution in [0.2, 0.25) is 0 Å². The van der Waals surface area contributed by atoms with E-state index in [1.54, 1.807) is 0 Å². The molecule has 2 aliphatic heterocycles. The second kappa shape index (κ2) is 3.83. The Morgan fingerprint density at radius 1 is 1.20 bits per heavy atom. The van der Waals surface area contributed by atoms with Gasteiger partial charge in [-0.15, -0.1) is 0 Å². The average Bonchev–Trinajstić information content (AvgIpc) is 2.92. The van der Waals surface area contributed by atoms with Gasteiger partial charge >= 0.3 is 5.97 Å². The molecule has 0 aliphatic carbocycles. The second-order valence-electron chi connectivity index (χ2n) is 5.92. The molecule has 1 fully saturated rings. The molecule has 2 aromatic rings. The van der Waals surface area contributed by atoms with Crippen LogP contribution < -0.4 is 0 Å². The number of aryl methyl sites for hydroxylation is 1. The zero-order valence-electron chi connectivity index (χ0n) is 11.6. The maximum Gasteiger partial charge on any atom is 0.342 e. The predicted molar refractivity (Wildman–Crippen MR) is 75.5 cm³/mol. The average molecular weight is 268 g/mol. The fourth-order valence-electron chi connectivity index (χ4n) is 3.42. The number of ether oxygens (including phenoxy) is 2. The third kappa shape index (κ3) is 1.41. The van der Waals surface area contributed by atoms with Crippen molar-refractivity contribution in [2.24, 2.45) is 5.92 Å². The van der Waals surface area contributed by atoms with Crippen LogP contribution in [-0.4, -0.2) is 12.6 Å². The lowest BCUT2D eigenvalue weighted by atomic mass is 9.92. The van der Waals surface area contributed by atoms with Gasteiger partial charge in [-0.25, -0.2) is 4.79 Å². The first-order valence-corrected chi connectivity index (χ1v) is 7.01. The van der Waals surface area contributed by atoms with E-state index in [1.165, 1.54) is 5.56 Å². The van der Waals surface area contributed by atoms with E-state index in [0.29, 0.717) is 18.1 Å². The topological polar surface area (TPSA) is 35.5 Å². The lowest BCUT2D eigenvalue weighted by Gasteiger charge is -2.22.